The Hall–Kier alpha value is -3.90. The summed E-state index contributed by atoms with van der Waals surface area (Å²) in [4.78, 5) is 39.1. The highest BCUT2D eigenvalue weighted by molar-refractivity contribution is 7.80. The summed E-state index contributed by atoms with van der Waals surface area (Å²) in [5.74, 6) is -2.31. The second-order valence-electron chi connectivity index (χ2n) is 12.2. The number of aliphatic carboxylic acids is 2. The van der Waals surface area contributed by atoms with E-state index in [2.05, 4.69) is 40.1 Å². The molecule has 4 heterocycles. The number of hydrogen-bond acceptors (Lipinski definition) is 8. The van der Waals surface area contributed by atoms with Crippen molar-refractivity contribution in [2.24, 2.45) is 17.8 Å². The number of amides is 1. The summed E-state index contributed by atoms with van der Waals surface area (Å²) in [5.41, 5.74) is 6.45. The maximum atomic E-state index is 12.5. The van der Waals surface area contributed by atoms with Crippen LogP contribution in [0.1, 0.15) is 69.0 Å². The standard InChI is InChI=1S/C33H44N4O7S/c1-6-19-15(2)24(36-33(19)44)11-27-22(14-38)21(8-10-30(41)42)26(35-27)13-25-20(7-9-29(39)40)16(3)23(34-25)12-28-31(18(5)45)17(4)32(43)37-28/h6,12-13,15,17-18,24,27,31,34-36,38,44-45H,1,7-11,14H2,2-5H3,(H,37,43)(H,39,40)(H,41,42)/b26-13-,28-12-/t15?,17-,18-,24-,27?,31+/m1/s1. The summed E-state index contributed by atoms with van der Waals surface area (Å²) in [5, 5.41) is 49.3. The number of thiol groups is 1. The van der Waals surface area contributed by atoms with Gasteiger partial charge in [0.05, 0.1) is 12.6 Å². The Morgan fingerprint density at radius 1 is 1.04 bits per heavy atom. The highest BCUT2D eigenvalue weighted by Gasteiger charge is 2.38. The lowest BCUT2D eigenvalue weighted by Gasteiger charge is -2.23. The van der Waals surface area contributed by atoms with Gasteiger partial charge in [0.15, 0.2) is 5.88 Å². The fourth-order valence-electron chi connectivity index (χ4n) is 6.81. The molecule has 45 heavy (non-hydrogen) atoms. The Bertz CT molecular complexity index is 1500. The van der Waals surface area contributed by atoms with Crippen molar-refractivity contribution < 1.29 is 34.8 Å². The molecule has 1 fully saturated rings. The first-order valence-electron chi connectivity index (χ1n) is 15.3. The number of carboxylic acids is 2. The molecule has 244 valence electrons. The zero-order valence-corrected chi connectivity index (χ0v) is 27.0. The van der Waals surface area contributed by atoms with Gasteiger partial charge in [0.2, 0.25) is 5.91 Å². The topological polar surface area (TPSA) is 184 Å². The minimum atomic E-state index is -0.967. The van der Waals surface area contributed by atoms with E-state index >= 15 is 0 Å². The molecule has 0 spiro atoms. The van der Waals surface area contributed by atoms with E-state index in [4.69, 9.17) is 0 Å². The van der Waals surface area contributed by atoms with E-state index in [-0.39, 0.29) is 79.2 Å². The first kappa shape index (κ1) is 34.0. The van der Waals surface area contributed by atoms with Crippen LogP contribution in [0.4, 0.5) is 0 Å². The Morgan fingerprint density at radius 3 is 2.29 bits per heavy atom. The monoisotopic (exact) mass is 640 g/mol. The zero-order valence-electron chi connectivity index (χ0n) is 26.1. The largest absolute Gasteiger partial charge is 0.495 e. The molecule has 1 aromatic heterocycles. The molecule has 8 N–H and O–H groups in total. The fourth-order valence-corrected chi connectivity index (χ4v) is 7.22. The minimum Gasteiger partial charge on any atom is -0.495 e. The number of allylic oxidation sites excluding steroid dienone is 3. The predicted molar refractivity (Wildman–Crippen MR) is 175 cm³/mol. The lowest BCUT2D eigenvalue weighted by atomic mass is 9.89. The molecule has 1 saturated heterocycles. The zero-order chi connectivity index (χ0) is 33.2. The normalized spacial score (nSPS) is 27.2. The second kappa shape index (κ2) is 14.0. The Kier molecular flexibility index (Phi) is 10.6. The predicted octanol–water partition coefficient (Wildman–Crippen LogP) is 3.80. The number of aliphatic hydroxyl groups is 2. The smallest absolute Gasteiger partial charge is 0.303 e. The van der Waals surface area contributed by atoms with Gasteiger partial charge in [-0.1, -0.05) is 33.4 Å². The Morgan fingerprint density at radius 2 is 1.71 bits per heavy atom. The number of aliphatic hydroxyl groups excluding tert-OH is 2. The van der Waals surface area contributed by atoms with Crippen LogP contribution in [0.3, 0.4) is 0 Å². The number of H-pyrrole nitrogens is 1. The number of carboxylic acid groups (broad SMARTS) is 2. The average Bonchev–Trinajstić information content (AvgIpc) is 3.63. The van der Waals surface area contributed by atoms with Crippen LogP contribution in [-0.4, -0.2) is 67.2 Å². The molecule has 0 bridgehead atoms. The van der Waals surface area contributed by atoms with E-state index in [1.165, 1.54) is 0 Å². The molecule has 11 nitrogen and oxygen atoms in total. The molecule has 1 aromatic rings. The van der Waals surface area contributed by atoms with Crippen LogP contribution in [0.5, 0.6) is 0 Å². The maximum absolute atomic E-state index is 12.5. The number of hydrogen-bond donors (Lipinski definition) is 9. The average molecular weight is 641 g/mol. The third kappa shape index (κ3) is 7.17. The van der Waals surface area contributed by atoms with Gasteiger partial charge in [-0.3, -0.25) is 14.4 Å². The van der Waals surface area contributed by atoms with E-state index in [0.29, 0.717) is 34.5 Å². The first-order valence-corrected chi connectivity index (χ1v) is 15.8. The van der Waals surface area contributed by atoms with Crippen molar-refractivity contribution >= 4 is 42.6 Å². The van der Waals surface area contributed by atoms with Gasteiger partial charge in [-0.25, -0.2) is 0 Å². The molecule has 1 amide bonds. The highest BCUT2D eigenvalue weighted by atomic mass is 32.1. The third-order valence-corrected chi connectivity index (χ3v) is 9.67. The van der Waals surface area contributed by atoms with Crippen molar-refractivity contribution in [2.45, 2.75) is 77.1 Å². The molecule has 3 aliphatic rings. The molecule has 4 rings (SSSR count). The number of carbonyl (C=O) groups excluding carboxylic acids is 1. The van der Waals surface area contributed by atoms with Crippen molar-refractivity contribution in [1.82, 2.24) is 20.9 Å². The second-order valence-corrected chi connectivity index (χ2v) is 13.0. The van der Waals surface area contributed by atoms with Gasteiger partial charge >= 0.3 is 11.9 Å². The van der Waals surface area contributed by atoms with Crippen molar-refractivity contribution in [3.63, 3.8) is 0 Å². The molecular weight excluding hydrogens is 596 g/mol. The summed E-state index contributed by atoms with van der Waals surface area (Å²) in [6, 6.07) is -0.490. The molecule has 12 heteroatoms. The van der Waals surface area contributed by atoms with Crippen molar-refractivity contribution in [3.8, 4) is 0 Å². The van der Waals surface area contributed by atoms with Gasteiger partial charge in [-0.15, -0.1) is 0 Å². The number of aromatic nitrogens is 1. The van der Waals surface area contributed by atoms with Gasteiger partial charge in [0, 0.05) is 70.2 Å². The molecule has 0 radical (unpaired) electrons. The number of aromatic amines is 1. The van der Waals surface area contributed by atoms with E-state index in [1.54, 1.807) is 6.08 Å². The quantitative estimate of drug-likeness (QED) is 0.145. The van der Waals surface area contributed by atoms with Crippen LogP contribution in [0.15, 0.2) is 46.7 Å². The lowest BCUT2D eigenvalue weighted by Crippen LogP contribution is -2.37. The van der Waals surface area contributed by atoms with Crippen LogP contribution in [0.25, 0.3) is 12.2 Å². The molecule has 0 saturated carbocycles. The molecule has 3 aliphatic heterocycles. The lowest BCUT2D eigenvalue weighted by molar-refractivity contribution is -0.138. The van der Waals surface area contributed by atoms with E-state index in [9.17, 15) is 34.8 Å². The molecule has 0 aromatic carbocycles. The molecule has 0 aliphatic carbocycles. The Labute approximate surface area is 268 Å². The summed E-state index contributed by atoms with van der Waals surface area (Å²) < 4.78 is 0. The minimum absolute atomic E-state index is 0.0355. The van der Waals surface area contributed by atoms with Crippen LogP contribution in [0, 0.1) is 24.7 Å². The fraction of sp³-hybridized carbons (Fsp3) is 0.485. The van der Waals surface area contributed by atoms with E-state index < -0.39 is 11.9 Å². The number of nitrogens with one attached hydrogen (secondary N) is 4. The highest BCUT2D eigenvalue weighted by Crippen LogP contribution is 2.37. The third-order valence-electron chi connectivity index (χ3n) is 9.35. The van der Waals surface area contributed by atoms with Gasteiger partial charge in [-0.2, -0.15) is 12.6 Å². The number of rotatable bonds is 13. The number of carbonyl (C=O) groups is 3. The maximum Gasteiger partial charge on any atom is 0.303 e. The van der Waals surface area contributed by atoms with Crippen LogP contribution in [0.2, 0.25) is 0 Å². The van der Waals surface area contributed by atoms with E-state index in [1.807, 2.05) is 39.8 Å². The summed E-state index contributed by atoms with van der Waals surface area (Å²) in [6.45, 7) is 11.2. The molecule has 6 atom stereocenters. The summed E-state index contributed by atoms with van der Waals surface area (Å²) in [6.07, 6.45) is 6.06. The molecule has 2 unspecified atom stereocenters. The van der Waals surface area contributed by atoms with Crippen LogP contribution < -0.4 is 16.0 Å². The van der Waals surface area contributed by atoms with Gasteiger partial charge in [0.25, 0.3) is 0 Å². The molecular formula is C33H44N4O7S. The van der Waals surface area contributed by atoms with Gasteiger partial charge in [-0.05, 0) is 60.6 Å². The Balaban J connectivity index is 1.76. The van der Waals surface area contributed by atoms with Crippen LogP contribution in [-0.2, 0) is 20.8 Å². The van der Waals surface area contributed by atoms with Crippen molar-refractivity contribution in [1.29, 1.82) is 0 Å². The first-order chi connectivity index (χ1) is 21.3. The van der Waals surface area contributed by atoms with Gasteiger partial charge in [0.1, 0.15) is 0 Å². The summed E-state index contributed by atoms with van der Waals surface area (Å²) in [7, 11) is 0. The summed E-state index contributed by atoms with van der Waals surface area (Å²) >= 11 is 4.62. The van der Waals surface area contributed by atoms with Crippen LogP contribution >= 0.6 is 12.6 Å². The van der Waals surface area contributed by atoms with E-state index in [0.717, 1.165) is 22.5 Å². The van der Waals surface area contributed by atoms with Crippen molar-refractivity contribution in [3.05, 3.63) is 69.2 Å². The van der Waals surface area contributed by atoms with Crippen molar-refractivity contribution in [2.75, 3.05) is 6.61 Å². The van der Waals surface area contributed by atoms with Gasteiger partial charge < -0.3 is 41.4 Å². The SMILES string of the molecule is C=CC1=C(O)N[C@H](CC2N/C(=C\c3[nH]c(/C=C4\NC(=O)[C@H](C)[C@H]4[C@@H](C)S)c(C)c3CCC(=O)O)C(CCC(=O)O)=C2CO)C1C.